The molecule has 4 N–H and O–H groups in total. The van der Waals surface area contributed by atoms with Gasteiger partial charge in [0.15, 0.2) is 0 Å². The number of ether oxygens (including phenoxy) is 1. The predicted molar refractivity (Wildman–Crippen MR) is 132 cm³/mol. The van der Waals surface area contributed by atoms with Crippen molar-refractivity contribution in [2.24, 2.45) is 0 Å². The van der Waals surface area contributed by atoms with Crippen LogP contribution in [0.15, 0.2) is 60.7 Å². The van der Waals surface area contributed by atoms with Crippen LogP contribution in [-0.2, 0) is 4.74 Å². The van der Waals surface area contributed by atoms with Crippen LogP contribution >= 0.6 is 11.6 Å². The molecule has 168 valence electrons. The van der Waals surface area contributed by atoms with Crippen molar-refractivity contribution in [2.45, 2.75) is 20.3 Å². The Balaban J connectivity index is 1.70. The fourth-order valence-electron chi connectivity index (χ4n) is 3.95. The quantitative estimate of drug-likeness (QED) is 0.403. The van der Waals surface area contributed by atoms with Crippen LogP contribution in [0.5, 0.6) is 0 Å². The van der Waals surface area contributed by atoms with Gasteiger partial charge < -0.3 is 21.1 Å². The molecule has 0 unspecified atom stereocenters. The molecule has 0 fully saturated rings. The first kappa shape index (κ1) is 22.4. The van der Waals surface area contributed by atoms with Crippen molar-refractivity contribution in [2.75, 3.05) is 22.9 Å². The number of anilines is 3. The van der Waals surface area contributed by atoms with Gasteiger partial charge in [-0.3, -0.25) is 4.79 Å². The lowest BCUT2D eigenvalue weighted by Gasteiger charge is -2.24. The van der Waals surface area contributed by atoms with Gasteiger partial charge in [-0.2, -0.15) is 0 Å². The maximum atomic E-state index is 13.5. The molecule has 7 heteroatoms. The summed E-state index contributed by atoms with van der Waals surface area (Å²) in [6, 6.07) is 15.4. The molecule has 1 aliphatic rings. The van der Waals surface area contributed by atoms with Gasteiger partial charge in [-0.15, -0.1) is 0 Å². The van der Waals surface area contributed by atoms with E-state index in [0.717, 1.165) is 11.1 Å². The van der Waals surface area contributed by atoms with Crippen LogP contribution in [0.1, 0.15) is 43.8 Å². The zero-order valence-electron chi connectivity index (χ0n) is 18.4. The second kappa shape index (κ2) is 9.00. The molecule has 1 amide bonds. The number of aryl methyl sites for hydroxylation is 2. The molecule has 4 rings (SSSR count). The molecule has 1 aliphatic heterocycles. The Morgan fingerprint density at radius 1 is 0.909 bits per heavy atom. The lowest BCUT2D eigenvalue weighted by atomic mass is 10.0. The van der Waals surface area contributed by atoms with Gasteiger partial charge in [0.2, 0.25) is 0 Å². The van der Waals surface area contributed by atoms with Crippen molar-refractivity contribution >= 4 is 46.3 Å². The third-order valence-corrected chi connectivity index (χ3v) is 5.83. The van der Waals surface area contributed by atoms with Crippen LogP contribution in [0, 0.1) is 13.8 Å². The van der Waals surface area contributed by atoms with E-state index >= 15 is 0 Å². The monoisotopic (exact) mass is 461 g/mol. The zero-order chi connectivity index (χ0) is 23.7. The third-order valence-electron chi connectivity index (χ3n) is 5.60. The van der Waals surface area contributed by atoms with Crippen molar-refractivity contribution in [3.63, 3.8) is 0 Å². The molecule has 0 saturated carbocycles. The van der Waals surface area contributed by atoms with E-state index in [4.69, 9.17) is 27.8 Å². The van der Waals surface area contributed by atoms with Crippen LogP contribution in [0.25, 0.3) is 5.76 Å². The summed E-state index contributed by atoms with van der Waals surface area (Å²) in [6.45, 7) is 4.07. The third kappa shape index (κ3) is 4.56. The summed E-state index contributed by atoms with van der Waals surface area (Å²) in [6.07, 6.45) is 2.30. The lowest BCUT2D eigenvalue weighted by Crippen LogP contribution is -2.32. The van der Waals surface area contributed by atoms with E-state index < -0.39 is 5.97 Å². The van der Waals surface area contributed by atoms with E-state index in [1.807, 2.05) is 13.0 Å². The van der Waals surface area contributed by atoms with Crippen molar-refractivity contribution in [1.29, 1.82) is 0 Å². The minimum Gasteiger partial charge on any atom is -0.423 e. The number of carbonyl (C=O) groups is 2. The number of fused-ring (bicyclic) bond motifs is 1. The minimum absolute atomic E-state index is 0.161. The topological polar surface area (TPSA) is 98.7 Å². The number of nitrogen functional groups attached to an aromatic ring is 2. The van der Waals surface area contributed by atoms with Crippen LogP contribution in [0.3, 0.4) is 0 Å². The van der Waals surface area contributed by atoms with E-state index in [1.54, 1.807) is 66.4 Å². The molecule has 3 aromatic rings. The first-order valence-corrected chi connectivity index (χ1v) is 10.9. The van der Waals surface area contributed by atoms with Gasteiger partial charge in [0.05, 0.1) is 11.3 Å². The molecule has 6 nitrogen and oxygen atoms in total. The second-order valence-corrected chi connectivity index (χ2v) is 8.45. The standard InChI is InChI=1S/C26H24ClN3O3/c1-15-12-18(28)6-8-20(15)25(31)30-11-3-4-24(22-14-17(27)5-10-23(22)30)33-26(32)21-9-7-19(29)13-16(21)2/h4-10,12-14H,3,11,28-29H2,1-2H3. The summed E-state index contributed by atoms with van der Waals surface area (Å²) in [5, 5.41) is 0.470. The molecule has 0 aliphatic carbocycles. The number of amides is 1. The summed E-state index contributed by atoms with van der Waals surface area (Å²) in [4.78, 5) is 28.1. The van der Waals surface area contributed by atoms with Crippen molar-refractivity contribution in [3.8, 4) is 0 Å². The molecule has 0 atom stereocenters. The largest absolute Gasteiger partial charge is 0.423 e. The van der Waals surface area contributed by atoms with Crippen molar-refractivity contribution in [3.05, 3.63) is 93.5 Å². The molecular formula is C26H24ClN3O3. The van der Waals surface area contributed by atoms with Crippen LogP contribution in [0.4, 0.5) is 17.1 Å². The minimum atomic E-state index is -0.501. The number of carbonyl (C=O) groups excluding carboxylic acids is 2. The first-order valence-electron chi connectivity index (χ1n) is 10.5. The Hall–Kier alpha value is -3.77. The summed E-state index contributed by atoms with van der Waals surface area (Å²) < 4.78 is 5.80. The highest BCUT2D eigenvalue weighted by Gasteiger charge is 2.27. The van der Waals surface area contributed by atoms with E-state index in [9.17, 15) is 9.59 Å². The van der Waals surface area contributed by atoms with Gasteiger partial charge in [0, 0.05) is 34.1 Å². The normalized spacial score (nSPS) is 13.1. The van der Waals surface area contributed by atoms with E-state index in [0.29, 0.717) is 57.5 Å². The van der Waals surface area contributed by atoms with Crippen molar-refractivity contribution < 1.29 is 14.3 Å². The van der Waals surface area contributed by atoms with E-state index in [-0.39, 0.29) is 5.91 Å². The Morgan fingerprint density at radius 3 is 2.18 bits per heavy atom. The second-order valence-electron chi connectivity index (χ2n) is 8.01. The SMILES string of the molecule is Cc1cc(N)ccc1C(=O)OC1=CCCN(C(=O)c2ccc(N)cc2C)c2ccc(Cl)cc21. The van der Waals surface area contributed by atoms with Gasteiger partial charge in [0.25, 0.3) is 5.91 Å². The lowest BCUT2D eigenvalue weighted by molar-refractivity contribution is 0.0691. The average molecular weight is 462 g/mol. The number of nitrogens with two attached hydrogens (primary N) is 2. The van der Waals surface area contributed by atoms with Crippen LogP contribution in [-0.4, -0.2) is 18.4 Å². The van der Waals surface area contributed by atoms with E-state index in [1.165, 1.54) is 0 Å². The predicted octanol–water partition coefficient (Wildman–Crippen LogP) is 5.37. The molecular weight excluding hydrogens is 438 g/mol. The highest BCUT2D eigenvalue weighted by atomic mass is 35.5. The smallest absolute Gasteiger partial charge is 0.343 e. The Labute approximate surface area is 197 Å². The number of hydrogen-bond acceptors (Lipinski definition) is 5. The summed E-state index contributed by atoms with van der Waals surface area (Å²) >= 11 is 6.28. The molecule has 0 saturated heterocycles. The number of hydrogen-bond donors (Lipinski definition) is 2. The summed E-state index contributed by atoms with van der Waals surface area (Å²) in [5.74, 6) is -0.302. The molecule has 0 radical (unpaired) electrons. The van der Waals surface area contributed by atoms with Gasteiger partial charge in [-0.1, -0.05) is 11.6 Å². The molecule has 33 heavy (non-hydrogen) atoms. The number of nitrogens with zero attached hydrogens (tertiary/aromatic N) is 1. The number of halogens is 1. The number of benzene rings is 3. The maximum Gasteiger partial charge on any atom is 0.343 e. The molecule has 0 aromatic heterocycles. The average Bonchev–Trinajstić information content (AvgIpc) is 2.92. The molecule has 1 heterocycles. The van der Waals surface area contributed by atoms with Gasteiger partial charge >= 0.3 is 5.97 Å². The Morgan fingerprint density at radius 2 is 1.55 bits per heavy atom. The number of esters is 1. The zero-order valence-corrected chi connectivity index (χ0v) is 19.1. The molecule has 0 spiro atoms. The fourth-order valence-corrected chi connectivity index (χ4v) is 4.12. The van der Waals surface area contributed by atoms with Gasteiger partial charge in [-0.25, -0.2) is 4.79 Å². The first-order chi connectivity index (χ1) is 15.7. The van der Waals surface area contributed by atoms with E-state index in [2.05, 4.69) is 0 Å². The maximum absolute atomic E-state index is 13.5. The highest BCUT2D eigenvalue weighted by molar-refractivity contribution is 6.31. The molecule has 3 aromatic carbocycles. The van der Waals surface area contributed by atoms with Crippen molar-refractivity contribution in [1.82, 2.24) is 0 Å². The van der Waals surface area contributed by atoms with Crippen LogP contribution < -0.4 is 16.4 Å². The van der Waals surface area contributed by atoms with Crippen LogP contribution in [0.2, 0.25) is 5.02 Å². The number of rotatable bonds is 3. The Bertz CT molecular complexity index is 1300. The summed E-state index contributed by atoms with van der Waals surface area (Å²) in [5.41, 5.74) is 16.5. The van der Waals surface area contributed by atoms with Gasteiger partial charge in [0.1, 0.15) is 5.76 Å². The fraction of sp³-hybridized carbons (Fsp3) is 0.154. The molecule has 0 bridgehead atoms. The Kier molecular flexibility index (Phi) is 6.11. The van der Waals surface area contributed by atoms with Gasteiger partial charge in [-0.05, 0) is 92.1 Å². The highest BCUT2D eigenvalue weighted by Crippen LogP contribution is 2.35. The summed E-state index contributed by atoms with van der Waals surface area (Å²) in [7, 11) is 0.